The first kappa shape index (κ1) is 20.6. The van der Waals surface area contributed by atoms with Crippen LogP contribution in [0.4, 0.5) is 0 Å². The molecule has 9 heteroatoms. The molecule has 3 aromatic carbocycles. The molecule has 0 saturated carbocycles. The van der Waals surface area contributed by atoms with Crippen molar-refractivity contribution in [2.24, 2.45) is 0 Å². The van der Waals surface area contributed by atoms with Gasteiger partial charge in [-0.1, -0.05) is 53.5 Å². The Labute approximate surface area is 195 Å². The molecule has 0 radical (unpaired) electrons. The lowest BCUT2D eigenvalue weighted by molar-refractivity contribution is 0.749. The Balaban J connectivity index is 1.66. The van der Waals surface area contributed by atoms with Gasteiger partial charge in [-0.2, -0.15) is 9.78 Å². The predicted octanol–water partition coefficient (Wildman–Crippen LogP) is 5.02. The van der Waals surface area contributed by atoms with Crippen LogP contribution < -0.4 is 11.2 Å². The van der Waals surface area contributed by atoms with Crippen molar-refractivity contribution in [1.29, 1.82) is 0 Å². The number of aromatic nitrogens is 4. The van der Waals surface area contributed by atoms with Crippen LogP contribution in [0.5, 0.6) is 0 Å². The summed E-state index contributed by atoms with van der Waals surface area (Å²) >= 11 is 14.4. The van der Waals surface area contributed by atoms with Crippen LogP contribution in [0.25, 0.3) is 15.9 Å². The van der Waals surface area contributed by atoms with E-state index in [2.05, 4.69) is 10.1 Å². The van der Waals surface area contributed by atoms with Crippen molar-refractivity contribution in [2.75, 3.05) is 0 Å². The molecule has 0 amide bonds. The maximum absolute atomic E-state index is 12.1. The highest BCUT2D eigenvalue weighted by Gasteiger charge is 2.24. The third-order valence-electron chi connectivity index (χ3n) is 5.01. The number of nitrogens with zero attached hydrogens (tertiary/aromatic N) is 3. The molecule has 6 nitrogen and oxygen atoms in total. The summed E-state index contributed by atoms with van der Waals surface area (Å²) in [5.74, 6) is -0.230. The van der Waals surface area contributed by atoms with E-state index in [0.717, 1.165) is 37.2 Å². The number of H-pyrrole nitrogens is 1. The summed E-state index contributed by atoms with van der Waals surface area (Å²) in [4.78, 5) is 30.5. The Kier molecular flexibility index (Phi) is 5.38. The third-order valence-corrected chi connectivity index (χ3v) is 6.69. The first-order valence-corrected chi connectivity index (χ1v) is 11.2. The zero-order chi connectivity index (χ0) is 22.2. The molecule has 0 aliphatic carbocycles. The number of hydrogen-bond acceptors (Lipinski definition) is 5. The molecule has 158 valence electrons. The van der Waals surface area contributed by atoms with Gasteiger partial charge in [0, 0.05) is 10.0 Å². The summed E-state index contributed by atoms with van der Waals surface area (Å²) in [6.07, 6.45) is 1.04. The van der Waals surface area contributed by atoms with E-state index in [-0.39, 0.29) is 5.92 Å². The van der Waals surface area contributed by atoms with Crippen molar-refractivity contribution in [3.05, 3.63) is 120 Å². The third kappa shape index (κ3) is 3.86. The maximum Gasteiger partial charge on any atom is 0.349 e. The highest BCUT2D eigenvalue weighted by atomic mass is 35.5. The first-order valence-electron chi connectivity index (χ1n) is 9.59. The molecule has 0 aliphatic heterocycles. The topological polar surface area (TPSA) is 80.6 Å². The van der Waals surface area contributed by atoms with Crippen LogP contribution in [0, 0.1) is 0 Å². The molecule has 0 aliphatic rings. The molecule has 5 rings (SSSR count). The molecular formula is C23H14Cl2N4O2S. The smallest absolute Gasteiger partial charge is 0.271 e. The zero-order valence-electron chi connectivity index (χ0n) is 16.3. The monoisotopic (exact) mass is 480 g/mol. The molecule has 0 bridgehead atoms. The Morgan fingerprint density at radius 2 is 1.75 bits per heavy atom. The summed E-state index contributed by atoms with van der Waals surface area (Å²) in [6.45, 7) is 0. The van der Waals surface area contributed by atoms with Gasteiger partial charge in [0.2, 0.25) is 0 Å². The maximum atomic E-state index is 12.1. The minimum Gasteiger partial charge on any atom is -0.271 e. The van der Waals surface area contributed by atoms with Gasteiger partial charge in [-0.05, 0) is 47.5 Å². The molecule has 0 saturated heterocycles. The van der Waals surface area contributed by atoms with Crippen molar-refractivity contribution >= 4 is 44.8 Å². The lowest BCUT2D eigenvalue weighted by Crippen LogP contribution is -2.30. The fourth-order valence-electron chi connectivity index (χ4n) is 3.54. The Morgan fingerprint density at radius 1 is 0.969 bits per heavy atom. The Morgan fingerprint density at radius 3 is 2.47 bits per heavy atom. The van der Waals surface area contributed by atoms with Gasteiger partial charge in [0.25, 0.3) is 5.56 Å². The van der Waals surface area contributed by atoms with E-state index in [0.29, 0.717) is 15.7 Å². The predicted molar refractivity (Wildman–Crippen MR) is 127 cm³/mol. The van der Waals surface area contributed by atoms with E-state index in [1.165, 1.54) is 0 Å². The average molecular weight is 481 g/mol. The summed E-state index contributed by atoms with van der Waals surface area (Å²) in [6, 6.07) is 20.8. The van der Waals surface area contributed by atoms with E-state index < -0.39 is 11.2 Å². The largest absolute Gasteiger partial charge is 0.349 e. The Bertz CT molecular complexity index is 1520. The summed E-state index contributed by atoms with van der Waals surface area (Å²) in [5.41, 5.74) is 1.98. The summed E-state index contributed by atoms with van der Waals surface area (Å²) in [7, 11) is 0. The first-order chi connectivity index (χ1) is 15.5. The number of thiazole rings is 1. The van der Waals surface area contributed by atoms with E-state index in [1.807, 2.05) is 54.6 Å². The lowest BCUT2D eigenvalue weighted by Gasteiger charge is -2.18. The molecule has 1 unspecified atom stereocenters. The normalized spacial score (nSPS) is 12.2. The van der Waals surface area contributed by atoms with Crippen molar-refractivity contribution < 1.29 is 0 Å². The fraction of sp³-hybridized carbons (Fsp3) is 0.0435. The van der Waals surface area contributed by atoms with E-state index in [4.69, 9.17) is 28.2 Å². The number of fused-ring (bicyclic) bond motifs is 1. The molecule has 0 fully saturated rings. The summed E-state index contributed by atoms with van der Waals surface area (Å²) < 4.78 is 2.17. The second-order valence-corrected chi connectivity index (χ2v) is 8.97. The molecule has 0 spiro atoms. The number of aromatic amines is 1. The van der Waals surface area contributed by atoms with Crippen LogP contribution in [-0.2, 0) is 0 Å². The minimum atomic E-state index is -0.637. The van der Waals surface area contributed by atoms with Crippen LogP contribution in [0.3, 0.4) is 0 Å². The highest BCUT2D eigenvalue weighted by molar-refractivity contribution is 7.18. The van der Waals surface area contributed by atoms with Gasteiger partial charge < -0.3 is 0 Å². The number of nitrogens with one attached hydrogen (secondary N) is 1. The summed E-state index contributed by atoms with van der Waals surface area (Å²) in [5, 5.41) is 5.87. The number of para-hydroxylation sites is 1. The lowest BCUT2D eigenvalue weighted by atomic mass is 9.91. The number of hydrogen-bond donors (Lipinski definition) is 1. The van der Waals surface area contributed by atoms with Crippen LogP contribution in [-0.4, -0.2) is 19.7 Å². The second-order valence-electron chi connectivity index (χ2n) is 7.06. The molecule has 2 aromatic heterocycles. The van der Waals surface area contributed by atoms with Crippen molar-refractivity contribution in [3.8, 4) is 5.69 Å². The average Bonchev–Trinajstić information content (AvgIpc) is 3.20. The quantitative estimate of drug-likeness (QED) is 0.391. The van der Waals surface area contributed by atoms with Crippen molar-refractivity contribution in [3.63, 3.8) is 0 Å². The number of rotatable bonds is 4. The molecule has 5 aromatic rings. The van der Waals surface area contributed by atoms with Gasteiger partial charge in [-0.3, -0.25) is 9.78 Å². The molecule has 1 N–H and O–H groups in total. The van der Waals surface area contributed by atoms with Gasteiger partial charge in [-0.25, -0.2) is 9.78 Å². The SMILES string of the molecule is O=c1cnn(-c2ccc(C(c3ccc(Cl)cc3)c3nc4ccccc4s3)c(Cl)c2)c(=O)[nH]1. The van der Waals surface area contributed by atoms with Crippen LogP contribution >= 0.6 is 34.5 Å². The standard InChI is InChI=1S/C23H14Cl2N4O2S/c24-14-7-5-13(6-8-14)21(22-27-18-3-1-2-4-19(18)32-22)16-10-9-15(11-17(16)25)29-23(31)28-20(30)12-26-29/h1-12,21H,(H,28,30,31). The van der Waals surface area contributed by atoms with Gasteiger partial charge >= 0.3 is 5.69 Å². The van der Waals surface area contributed by atoms with Gasteiger partial charge in [-0.15, -0.1) is 11.3 Å². The molecular weight excluding hydrogens is 467 g/mol. The molecule has 2 heterocycles. The number of benzene rings is 3. The van der Waals surface area contributed by atoms with Gasteiger partial charge in [0.05, 0.1) is 21.8 Å². The zero-order valence-corrected chi connectivity index (χ0v) is 18.7. The van der Waals surface area contributed by atoms with E-state index >= 15 is 0 Å². The van der Waals surface area contributed by atoms with Crippen molar-refractivity contribution in [1.82, 2.24) is 19.7 Å². The Hall–Kier alpha value is -3.26. The van der Waals surface area contributed by atoms with E-state index in [1.54, 1.807) is 23.5 Å². The fourth-order valence-corrected chi connectivity index (χ4v) is 5.07. The van der Waals surface area contributed by atoms with Gasteiger partial charge in [0.15, 0.2) is 0 Å². The molecule has 1 atom stereocenters. The highest BCUT2D eigenvalue weighted by Crippen LogP contribution is 2.40. The van der Waals surface area contributed by atoms with Gasteiger partial charge in [0.1, 0.15) is 11.2 Å². The molecule has 32 heavy (non-hydrogen) atoms. The number of halogens is 2. The van der Waals surface area contributed by atoms with Crippen LogP contribution in [0.1, 0.15) is 22.1 Å². The minimum absolute atomic E-state index is 0.230. The second kappa shape index (κ2) is 8.35. The van der Waals surface area contributed by atoms with Crippen molar-refractivity contribution in [2.45, 2.75) is 5.92 Å². The van der Waals surface area contributed by atoms with E-state index in [9.17, 15) is 9.59 Å². The van der Waals surface area contributed by atoms with Crippen LogP contribution in [0.2, 0.25) is 10.0 Å². The van der Waals surface area contributed by atoms with Crippen LogP contribution in [0.15, 0.2) is 82.5 Å².